The molecule has 0 radical (unpaired) electrons. The Bertz CT molecular complexity index is 868. The summed E-state index contributed by atoms with van der Waals surface area (Å²) in [6.07, 6.45) is 3.97. The second-order valence-electron chi connectivity index (χ2n) is 6.67. The number of carbonyl (C=O) groups excluding carboxylic acids is 1. The molecule has 0 spiro atoms. The summed E-state index contributed by atoms with van der Waals surface area (Å²) in [5.74, 6) is -0.211. The number of hydrogen-bond donors (Lipinski definition) is 1. The predicted octanol–water partition coefficient (Wildman–Crippen LogP) is 3.81. The third-order valence-electron chi connectivity index (χ3n) is 4.60. The summed E-state index contributed by atoms with van der Waals surface area (Å²) < 4.78 is 27.1. The number of carbonyl (C=O) groups is 1. The van der Waals surface area contributed by atoms with E-state index in [1.165, 1.54) is 0 Å². The fourth-order valence-electron chi connectivity index (χ4n) is 3.13. The summed E-state index contributed by atoms with van der Waals surface area (Å²) >= 11 is 0. The first-order valence-electron chi connectivity index (χ1n) is 8.95. The van der Waals surface area contributed by atoms with Gasteiger partial charge in [0, 0.05) is 24.3 Å². The lowest BCUT2D eigenvalue weighted by molar-refractivity contribution is 0.102. The fourth-order valence-corrected chi connectivity index (χ4v) is 4.65. The SMILES string of the molecule is Cc1cccc(C(=O)Nc2ccc(S(=O)(=O)N3CCCCCC3)cc2)c1. The Morgan fingerprint density at radius 1 is 0.962 bits per heavy atom. The van der Waals surface area contributed by atoms with E-state index >= 15 is 0 Å². The van der Waals surface area contributed by atoms with Gasteiger partial charge in [0.1, 0.15) is 0 Å². The van der Waals surface area contributed by atoms with E-state index in [9.17, 15) is 13.2 Å². The van der Waals surface area contributed by atoms with Crippen LogP contribution in [0.4, 0.5) is 5.69 Å². The van der Waals surface area contributed by atoms with E-state index in [0.29, 0.717) is 24.3 Å². The van der Waals surface area contributed by atoms with Crippen molar-refractivity contribution < 1.29 is 13.2 Å². The average molecular weight is 372 g/mol. The highest BCUT2D eigenvalue weighted by atomic mass is 32.2. The van der Waals surface area contributed by atoms with Gasteiger partial charge in [-0.15, -0.1) is 0 Å². The van der Waals surface area contributed by atoms with Crippen molar-refractivity contribution in [2.45, 2.75) is 37.5 Å². The van der Waals surface area contributed by atoms with E-state index in [0.717, 1.165) is 31.2 Å². The fraction of sp³-hybridized carbons (Fsp3) is 0.350. The van der Waals surface area contributed by atoms with E-state index in [1.807, 2.05) is 25.1 Å². The lowest BCUT2D eigenvalue weighted by Gasteiger charge is -2.20. The monoisotopic (exact) mass is 372 g/mol. The van der Waals surface area contributed by atoms with Gasteiger partial charge in [-0.3, -0.25) is 4.79 Å². The van der Waals surface area contributed by atoms with Gasteiger partial charge in [-0.05, 0) is 56.2 Å². The highest BCUT2D eigenvalue weighted by Gasteiger charge is 2.24. The first kappa shape index (κ1) is 18.6. The molecule has 0 atom stereocenters. The van der Waals surface area contributed by atoms with E-state index in [1.54, 1.807) is 34.6 Å². The molecule has 6 heteroatoms. The molecule has 0 saturated carbocycles. The van der Waals surface area contributed by atoms with Gasteiger partial charge in [0.2, 0.25) is 10.0 Å². The number of anilines is 1. The van der Waals surface area contributed by atoms with Gasteiger partial charge in [0.05, 0.1) is 4.90 Å². The molecule has 26 heavy (non-hydrogen) atoms. The number of amides is 1. The molecule has 2 aromatic rings. The van der Waals surface area contributed by atoms with Gasteiger partial charge in [0.15, 0.2) is 0 Å². The van der Waals surface area contributed by atoms with Crippen LogP contribution >= 0.6 is 0 Å². The van der Waals surface area contributed by atoms with Crippen LogP contribution in [0.5, 0.6) is 0 Å². The van der Waals surface area contributed by atoms with Gasteiger partial charge in [-0.25, -0.2) is 8.42 Å². The maximum atomic E-state index is 12.8. The molecular weight excluding hydrogens is 348 g/mol. The Kier molecular flexibility index (Phi) is 5.74. The van der Waals surface area contributed by atoms with Crippen LogP contribution in [0.2, 0.25) is 0 Å². The lowest BCUT2D eigenvalue weighted by atomic mass is 10.1. The van der Waals surface area contributed by atoms with Gasteiger partial charge in [-0.1, -0.05) is 30.5 Å². The molecule has 138 valence electrons. The third kappa shape index (κ3) is 4.31. The van der Waals surface area contributed by atoms with Crippen molar-refractivity contribution in [3.63, 3.8) is 0 Å². The number of nitrogens with one attached hydrogen (secondary N) is 1. The maximum absolute atomic E-state index is 12.8. The molecule has 1 heterocycles. The van der Waals surface area contributed by atoms with Crippen molar-refractivity contribution in [3.05, 3.63) is 59.7 Å². The van der Waals surface area contributed by atoms with Crippen LogP contribution in [0.3, 0.4) is 0 Å². The van der Waals surface area contributed by atoms with Gasteiger partial charge < -0.3 is 5.32 Å². The predicted molar refractivity (Wildman–Crippen MR) is 103 cm³/mol. The minimum Gasteiger partial charge on any atom is -0.322 e. The summed E-state index contributed by atoms with van der Waals surface area (Å²) in [6.45, 7) is 3.08. The molecule has 0 aliphatic carbocycles. The minimum atomic E-state index is -3.47. The summed E-state index contributed by atoms with van der Waals surface area (Å²) in [6, 6.07) is 13.7. The smallest absolute Gasteiger partial charge is 0.255 e. The largest absolute Gasteiger partial charge is 0.322 e. The molecule has 1 aliphatic rings. The molecule has 1 N–H and O–H groups in total. The van der Waals surface area contributed by atoms with Crippen molar-refractivity contribution in [3.8, 4) is 0 Å². The minimum absolute atomic E-state index is 0.211. The van der Waals surface area contributed by atoms with Crippen molar-refractivity contribution in [1.82, 2.24) is 4.31 Å². The van der Waals surface area contributed by atoms with Crippen molar-refractivity contribution in [1.29, 1.82) is 0 Å². The van der Waals surface area contributed by atoms with Crippen molar-refractivity contribution in [2.24, 2.45) is 0 Å². The average Bonchev–Trinajstić information content (AvgIpc) is 2.92. The highest BCUT2D eigenvalue weighted by molar-refractivity contribution is 7.89. The van der Waals surface area contributed by atoms with E-state index in [2.05, 4.69) is 5.32 Å². The topological polar surface area (TPSA) is 66.5 Å². The second kappa shape index (κ2) is 8.01. The molecule has 1 aliphatic heterocycles. The zero-order valence-corrected chi connectivity index (χ0v) is 15.8. The summed E-state index contributed by atoms with van der Waals surface area (Å²) in [4.78, 5) is 12.6. The number of nitrogens with zero attached hydrogens (tertiary/aromatic N) is 1. The Morgan fingerprint density at radius 2 is 1.62 bits per heavy atom. The zero-order chi connectivity index (χ0) is 18.6. The number of aryl methyl sites for hydroxylation is 1. The van der Waals surface area contributed by atoms with Gasteiger partial charge >= 0.3 is 0 Å². The van der Waals surface area contributed by atoms with Crippen LogP contribution in [0.1, 0.15) is 41.6 Å². The van der Waals surface area contributed by atoms with Gasteiger partial charge in [0.25, 0.3) is 5.91 Å². The van der Waals surface area contributed by atoms with E-state index in [4.69, 9.17) is 0 Å². The highest BCUT2D eigenvalue weighted by Crippen LogP contribution is 2.22. The van der Waals surface area contributed by atoms with Crippen LogP contribution in [0.15, 0.2) is 53.4 Å². The first-order valence-corrected chi connectivity index (χ1v) is 10.4. The number of rotatable bonds is 4. The molecule has 0 unspecified atom stereocenters. The quantitative estimate of drug-likeness (QED) is 0.887. The Labute approximate surface area is 155 Å². The van der Waals surface area contributed by atoms with Crippen LogP contribution < -0.4 is 5.32 Å². The molecule has 1 fully saturated rings. The van der Waals surface area contributed by atoms with Crippen molar-refractivity contribution in [2.75, 3.05) is 18.4 Å². The maximum Gasteiger partial charge on any atom is 0.255 e. The van der Waals surface area contributed by atoms with Crippen LogP contribution in [-0.4, -0.2) is 31.7 Å². The molecule has 2 aromatic carbocycles. The Morgan fingerprint density at radius 3 is 2.23 bits per heavy atom. The van der Waals surface area contributed by atoms with Gasteiger partial charge in [-0.2, -0.15) is 4.31 Å². The Hall–Kier alpha value is -2.18. The molecule has 3 rings (SSSR count). The molecule has 1 saturated heterocycles. The molecule has 1 amide bonds. The van der Waals surface area contributed by atoms with Crippen molar-refractivity contribution >= 4 is 21.6 Å². The van der Waals surface area contributed by atoms with E-state index in [-0.39, 0.29) is 10.8 Å². The molecular formula is C20H24N2O3S. The number of benzene rings is 2. The zero-order valence-electron chi connectivity index (χ0n) is 14.9. The second-order valence-corrected chi connectivity index (χ2v) is 8.60. The standard InChI is InChI=1S/C20H24N2O3S/c1-16-7-6-8-17(15-16)20(23)21-18-9-11-19(12-10-18)26(24,25)22-13-4-2-3-5-14-22/h6-12,15H,2-5,13-14H2,1H3,(H,21,23). The molecule has 0 aromatic heterocycles. The van der Waals surface area contributed by atoms with Crippen LogP contribution in [-0.2, 0) is 10.0 Å². The first-order chi connectivity index (χ1) is 12.5. The summed E-state index contributed by atoms with van der Waals surface area (Å²) in [5, 5.41) is 2.81. The third-order valence-corrected chi connectivity index (χ3v) is 6.51. The van der Waals surface area contributed by atoms with E-state index < -0.39 is 10.0 Å². The summed E-state index contributed by atoms with van der Waals surface area (Å²) in [5.41, 5.74) is 2.16. The molecule has 0 bridgehead atoms. The van der Waals surface area contributed by atoms with Crippen LogP contribution in [0, 0.1) is 6.92 Å². The Balaban J connectivity index is 1.72. The normalized spacial score (nSPS) is 16.0. The molecule has 5 nitrogen and oxygen atoms in total. The lowest BCUT2D eigenvalue weighted by Crippen LogP contribution is -2.31. The summed E-state index contributed by atoms with van der Waals surface area (Å²) in [7, 11) is -3.47. The number of hydrogen-bond acceptors (Lipinski definition) is 3. The van der Waals surface area contributed by atoms with Crippen LogP contribution in [0.25, 0.3) is 0 Å². The number of sulfonamides is 1.